The number of nitrogens with zero attached hydrogens (tertiary/aromatic N) is 1. The average Bonchev–Trinajstić information content (AvgIpc) is 2.43. The van der Waals surface area contributed by atoms with E-state index in [9.17, 15) is 4.79 Å². The van der Waals surface area contributed by atoms with Gasteiger partial charge in [0.15, 0.2) is 0 Å². The van der Waals surface area contributed by atoms with Crippen LogP contribution < -0.4 is 5.32 Å². The maximum atomic E-state index is 11.7. The Morgan fingerprint density at radius 1 is 1.28 bits per heavy atom. The molecule has 1 unspecified atom stereocenters. The number of piperidine rings is 1. The summed E-state index contributed by atoms with van der Waals surface area (Å²) in [6.07, 6.45) is 7.13. The van der Waals surface area contributed by atoms with Crippen LogP contribution in [0.4, 0.5) is 0 Å². The molecule has 0 saturated carbocycles. The van der Waals surface area contributed by atoms with Crippen molar-refractivity contribution in [3.05, 3.63) is 0 Å². The fraction of sp³-hybridized carbons (Fsp3) is 0.929. The Bertz CT molecular complexity index is 252. The van der Waals surface area contributed by atoms with Crippen LogP contribution in [0.1, 0.15) is 45.4 Å². The Morgan fingerprint density at radius 3 is 2.50 bits per heavy atom. The van der Waals surface area contributed by atoms with Gasteiger partial charge in [-0.25, -0.2) is 0 Å². The van der Waals surface area contributed by atoms with Gasteiger partial charge in [0, 0.05) is 0 Å². The van der Waals surface area contributed by atoms with Crippen LogP contribution in [-0.4, -0.2) is 50.2 Å². The van der Waals surface area contributed by atoms with E-state index in [2.05, 4.69) is 10.2 Å². The van der Waals surface area contributed by atoms with Gasteiger partial charge < -0.3 is 15.0 Å². The number of methoxy groups -OCH3 is 1. The summed E-state index contributed by atoms with van der Waals surface area (Å²) in [6, 6.07) is 0. The highest BCUT2D eigenvalue weighted by Crippen LogP contribution is 2.16. The van der Waals surface area contributed by atoms with Gasteiger partial charge in [-0.15, -0.1) is 0 Å². The average molecular weight is 256 g/mol. The molecule has 4 nitrogen and oxygen atoms in total. The lowest BCUT2D eigenvalue weighted by Crippen LogP contribution is -2.48. The van der Waals surface area contributed by atoms with Gasteiger partial charge in [-0.1, -0.05) is 6.42 Å². The summed E-state index contributed by atoms with van der Waals surface area (Å²) < 4.78 is 4.84. The molecule has 1 heterocycles. The van der Waals surface area contributed by atoms with E-state index in [-0.39, 0.29) is 5.97 Å². The van der Waals surface area contributed by atoms with E-state index in [1.165, 1.54) is 46.0 Å². The fourth-order valence-corrected chi connectivity index (χ4v) is 2.55. The van der Waals surface area contributed by atoms with E-state index in [0.29, 0.717) is 0 Å². The van der Waals surface area contributed by atoms with Gasteiger partial charge >= 0.3 is 5.97 Å². The van der Waals surface area contributed by atoms with Crippen LogP contribution in [0.15, 0.2) is 0 Å². The monoisotopic (exact) mass is 256 g/mol. The van der Waals surface area contributed by atoms with Crippen molar-refractivity contribution >= 4 is 5.97 Å². The van der Waals surface area contributed by atoms with Crippen molar-refractivity contribution in [2.75, 3.05) is 33.8 Å². The smallest absolute Gasteiger partial charge is 0.325 e. The van der Waals surface area contributed by atoms with Crippen LogP contribution in [0.2, 0.25) is 0 Å². The zero-order valence-electron chi connectivity index (χ0n) is 12.1. The number of rotatable bonds is 7. The first-order valence-electron chi connectivity index (χ1n) is 7.12. The number of nitrogens with one attached hydrogen (secondary N) is 1. The molecule has 1 fully saturated rings. The second-order valence-electron chi connectivity index (χ2n) is 5.43. The summed E-state index contributed by atoms with van der Waals surface area (Å²) in [6.45, 7) is 5.58. The van der Waals surface area contributed by atoms with Gasteiger partial charge in [-0.2, -0.15) is 0 Å². The number of ether oxygens (including phenoxy) is 1. The maximum absolute atomic E-state index is 11.7. The minimum Gasteiger partial charge on any atom is -0.468 e. The molecule has 1 rings (SSSR count). The third kappa shape index (κ3) is 4.58. The third-order valence-electron chi connectivity index (χ3n) is 4.04. The Balaban J connectivity index is 2.20. The molecule has 0 amide bonds. The van der Waals surface area contributed by atoms with Gasteiger partial charge in [0.1, 0.15) is 5.54 Å². The number of hydrogen-bond acceptors (Lipinski definition) is 4. The Kier molecular flexibility index (Phi) is 6.65. The highest BCUT2D eigenvalue weighted by molar-refractivity contribution is 5.80. The summed E-state index contributed by atoms with van der Waals surface area (Å²) in [5.74, 6) is -0.164. The molecule has 1 saturated heterocycles. The number of esters is 1. The molecular formula is C14H28N2O2. The van der Waals surface area contributed by atoms with Crippen molar-refractivity contribution in [1.29, 1.82) is 0 Å². The lowest BCUT2D eigenvalue weighted by atomic mass is 9.95. The fourth-order valence-electron chi connectivity index (χ4n) is 2.55. The molecule has 106 valence electrons. The summed E-state index contributed by atoms with van der Waals surface area (Å²) in [4.78, 5) is 14.2. The van der Waals surface area contributed by atoms with Gasteiger partial charge in [0.25, 0.3) is 0 Å². The highest BCUT2D eigenvalue weighted by Gasteiger charge is 2.31. The molecule has 18 heavy (non-hydrogen) atoms. The Morgan fingerprint density at radius 2 is 1.94 bits per heavy atom. The van der Waals surface area contributed by atoms with Crippen molar-refractivity contribution in [3.63, 3.8) is 0 Å². The molecular weight excluding hydrogens is 228 g/mol. The number of unbranched alkanes of at least 4 members (excludes halogenated alkanes) is 1. The second kappa shape index (κ2) is 7.74. The number of hydrogen-bond donors (Lipinski definition) is 1. The third-order valence-corrected chi connectivity index (χ3v) is 4.04. The van der Waals surface area contributed by atoms with Gasteiger partial charge in [0.2, 0.25) is 0 Å². The van der Waals surface area contributed by atoms with E-state index in [1.54, 1.807) is 0 Å². The standard InChI is InChI=1S/C14H28N2O2/c1-14(15-2,13(17)18-3)9-5-8-12-16-10-6-4-7-11-16/h15H,4-12H2,1-3H3. The first-order valence-corrected chi connectivity index (χ1v) is 7.12. The predicted molar refractivity (Wildman–Crippen MR) is 73.6 cm³/mol. The second-order valence-corrected chi connectivity index (χ2v) is 5.43. The van der Waals surface area contributed by atoms with Gasteiger partial charge in [0.05, 0.1) is 7.11 Å². The van der Waals surface area contributed by atoms with Crippen molar-refractivity contribution < 1.29 is 9.53 Å². The highest BCUT2D eigenvalue weighted by atomic mass is 16.5. The molecule has 1 aliphatic heterocycles. The minimum absolute atomic E-state index is 0.164. The molecule has 0 radical (unpaired) electrons. The summed E-state index contributed by atoms with van der Waals surface area (Å²) in [7, 11) is 3.27. The van der Waals surface area contributed by atoms with Gasteiger partial charge in [-0.05, 0) is 65.7 Å². The van der Waals surface area contributed by atoms with E-state index in [0.717, 1.165) is 19.3 Å². The molecule has 1 atom stereocenters. The molecule has 0 spiro atoms. The Hall–Kier alpha value is -0.610. The van der Waals surface area contributed by atoms with E-state index in [4.69, 9.17) is 4.74 Å². The van der Waals surface area contributed by atoms with Gasteiger partial charge in [-0.3, -0.25) is 4.79 Å². The SMILES string of the molecule is CNC(C)(CCCCN1CCCCC1)C(=O)OC. The predicted octanol–water partition coefficient (Wildman–Crippen LogP) is 1.79. The van der Waals surface area contributed by atoms with Crippen LogP contribution in [0.3, 0.4) is 0 Å². The topological polar surface area (TPSA) is 41.6 Å². The molecule has 4 heteroatoms. The molecule has 1 N–H and O–H groups in total. The number of carbonyl (C=O) groups excluding carboxylic acids is 1. The lowest BCUT2D eigenvalue weighted by molar-refractivity contribution is -0.148. The number of carbonyl (C=O) groups is 1. The summed E-state index contributed by atoms with van der Waals surface area (Å²) >= 11 is 0. The van der Waals surface area contributed by atoms with Crippen LogP contribution in [0, 0.1) is 0 Å². The number of likely N-dealkylation sites (N-methyl/N-ethyl adjacent to an activating group) is 1. The summed E-state index contributed by atoms with van der Waals surface area (Å²) in [5.41, 5.74) is -0.531. The minimum atomic E-state index is -0.531. The summed E-state index contributed by atoms with van der Waals surface area (Å²) in [5, 5.41) is 3.08. The molecule has 0 aliphatic carbocycles. The molecule has 1 aliphatic rings. The normalized spacial score (nSPS) is 20.4. The van der Waals surface area contributed by atoms with Crippen LogP contribution >= 0.6 is 0 Å². The van der Waals surface area contributed by atoms with E-state index in [1.807, 2.05) is 14.0 Å². The first-order chi connectivity index (χ1) is 8.62. The van der Waals surface area contributed by atoms with Crippen LogP contribution in [-0.2, 0) is 9.53 Å². The molecule has 0 aromatic rings. The quantitative estimate of drug-likeness (QED) is 0.557. The van der Waals surface area contributed by atoms with Crippen molar-refractivity contribution in [2.45, 2.75) is 51.0 Å². The van der Waals surface area contributed by atoms with Crippen LogP contribution in [0.5, 0.6) is 0 Å². The number of likely N-dealkylation sites (tertiary alicyclic amines) is 1. The lowest BCUT2D eigenvalue weighted by Gasteiger charge is -2.28. The maximum Gasteiger partial charge on any atom is 0.325 e. The van der Waals surface area contributed by atoms with Crippen LogP contribution in [0.25, 0.3) is 0 Å². The zero-order valence-corrected chi connectivity index (χ0v) is 12.1. The molecule has 0 aromatic heterocycles. The van der Waals surface area contributed by atoms with E-state index >= 15 is 0 Å². The van der Waals surface area contributed by atoms with Crippen molar-refractivity contribution in [3.8, 4) is 0 Å². The van der Waals surface area contributed by atoms with Crippen molar-refractivity contribution in [2.24, 2.45) is 0 Å². The first kappa shape index (κ1) is 15.4. The Labute approximate surface area is 111 Å². The molecule has 0 aromatic carbocycles. The largest absolute Gasteiger partial charge is 0.468 e. The molecule has 0 bridgehead atoms. The van der Waals surface area contributed by atoms with E-state index < -0.39 is 5.54 Å². The zero-order chi connectivity index (χ0) is 13.4. The van der Waals surface area contributed by atoms with Crippen molar-refractivity contribution in [1.82, 2.24) is 10.2 Å².